The van der Waals surface area contributed by atoms with E-state index >= 15 is 0 Å². The standard InChI is InChI=1S/C11H9NO4S/c13-10(12-6-7-2-1-5-17-7)8-3-4-9(16-8)11(14)15/h1-5H,6H2,(H,12,13)(H,14,15). The highest BCUT2D eigenvalue weighted by Crippen LogP contribution is 2.10. The normalized spacial score (nSPS) is 10.1. The maximum atomic E-state index is 11.6. The van der Waals surface area contributed by atoms with Crippen LogP contribution in [0.15, 0.2) is 34.1 Å². The van der Waals surface area contributed by atoms with Gasteiger partial charge in [0.05, 0.1) is 6.54 Å². The molecule has 5 nitrogen and oxygen atoms in total. The van der Waals surface area contributed by atoms with E-state index in [9.17, 15) is 9.59 Å². The predicted octanol–water partition coefficient (Wildman–Crippen LogP) is 1.97. The van der Waals surface area contributed by atoms with Crippen LogP contribution in [0.2, 0.25) is 0 Å². The lowest BCUT2D eigenvalue weighted by Gasteiger charge is -2.00. The van der Waals surface area contributed by atoms with Crippen LogP contribution >= 0.6 is 11.3 Å². The summed E-state index contributed by atoms with van der Waals surface area (Å²) in [6, 6.07) is 6.38. The number of carbonyl (C=O) groups excluding carboxylic acids is 1. The van der Waals surface area contributed by atoms with Crippen molar-refractivity contribution in [2.24, 2.45) is 0 Å². The maximum Gasteiger partial charge on any atom is 0.371 e. The quantitative estimate of drug-likeness (QED) is 0.870. The van der Waals surface area contributed by atoms with Crippen molar-refractivity contribution in [3.05, 3.63) is 46.0 Å². The molecule has 0 aromatic carbocycles. The van der Waals surface area contributed by atoms with Gasteiger partial charge in [0, 0.05) is 4.88 Å². The first-order valence-electron chi connectivity index (χ1n) is 4.80. The summed E-state index contributed by atoms with van der Waals surface area (Å²) in [5.74, 6) is -1.86. The van der Waals surface area contributed by atoms with E-state index in [4.69, 9.17) is 9.52 Å². The lowest BCUT2D eigenvalue weighted by Crippen LogP contribution is -2.21. The molecule has 2 aromatic heterocycles. The van der Waals surface area contributed by atoms with Crippen LogP contribution in [-0.4, -0.2) is 17.0 Å². The zero-order valence-corrected chi connectivity index (χ0v) is 9.49. The molecule has 0 fully saturated rings. The molecule has 0 saturated carbocycles. The SMILES string of the molecule is O=C(O)c1ccc(C(=O)NCc2cccs2)o1. The molecule has 88 valence electrons. The minimum Gasteiger partial charge on any atom is -0.475 e. The van der Waals surface area contributed by atoms with Crippen LogP contribution in [0.4, 0.5) is 0 Å². The minimum atomic E-state index is -1.19. The molecule has 0 atom stereocenters. The van der Waals surface area contributed by atoms with Gasteiger partial charge in [-0.2, -0.15) is 0 Å². The van der Waals surface area contributed by atoms with Crippen molar-refractivity contribution in [3.63, 3.8) is 0 Å². The second kappa shape index (κ2) is 4.84. The van der Waals surface area contributed by atoms with Gasteiger partial charge in [-0.15, -0.1) is 11.3 Å². The first kappa shape index (κ1) is 11.4. The van der Waals surface area contributed by atoms with Crippen molar-refractivity contribution in [1.29, 1.82) is 0 Å². The van der Waals surface area contributed by atoms with Gasteiger partial charge in [0.1, 0.15) is 0 Å². The lowest BCUT2D eigenvalue weighted by molar-refractivity contribution is 0.0659. The average Bonchev–Trinajstić information content (AvgIpc) is 2.96. The van der Waals surface area contributed by atoms with Gasteiger partial charge in [-0.3, -0.25) is 4.79 Å². The van der Waals surface area contributed by atoms with Gasteiger partial charge in [-0.05, 0) is 23.6 Å². The number of hydrogen-bond acceptors (Lipinski definition) is 4. The number of aromatic carboxylic acids is 1. The molecule has 1 amide bonds. The van der Waals surface area contributed by atoms with Crippen LogP contribution in [-0.2, 0) is 6.54 Å². The molecule has 0 unspecified atom stereocenters. The molecule has 2 heterocycles. The van der Waals surface area contributed by atoms with E-state index in [1.165, 1.54) is 23.5 Å². The minimum absolute atomic E-state index is 0.000967. The highest BCUT2D eigenvalue weighted by molar-refractivity contribution is 7.09. The summed E-state index contributed by atoms with van der Waals surface area (Å²) < 4.78 is 4.87. The fourth-order valence-corrected chi connectivity index (χ4v) is 1.89. The molecule has 0 aliphatic rings. The van der Waals surface area contributed by atoms with Gasteiger partial charge < -0.3 is 14.8 Å². The van der Waals surface area contributed by atoms with E-state index in [0.29, 0.717) is 6.54 Å². The zero-order valence-electron chi connectivity index (χ0n) is 8.67. The van der Waals surface area contributed by atoms with E-state index in [1.54, 1.807) is 0 Å². The van der Waals surface area contributed by atoms with Crippen LogP contribution in [0, 0.1) is 0 Å². The summed E-state index contributed by atoms with van der Waals surface area (Å²) >= 11 is 1.53. The summed E-state index contributed by atoms with van der Waals surface area (Å²) in [6.45, 7) is 0.402. The number of rotatable bonds is 4. The van der Waals surface area contributed by atoms with Crippen molar-refractivity contribution >= 4 is 23.2 Å². The third kappa shape index (κ3) is 2.73. The Labute approximate surface area is 101 Å². The molecule has 0 bridgehead atoms. The predicted molar refractivity (Wildman–Crippen MR) is 61.2 cm³/mol. The van der Waals surface area contributed by atoms with Crippen LogP contribution < -0.4 is 5.32 Å². The van der Waals surface area contributed by atoms with Crippen molar-refractivity contribution in [3.8, 4) is 0 Å². The summed E-state index contributed by atoms with van der Waals surface area (Å²) in [6.07, 6.45) is 0. The maximum absolute atomic E-state index is 11.6. The van der Waals surface area contributed by atoms with Crippen molar-refractivity contribution < 1.29 is 19.1 Å². The Morgan fingerprint density at radius 3 is 2.65 bits per heavy atom. The molecule has 0 saturated heterocycles. The molecular formula is C11H9NO4S. The Morgan fingerprint density at radius 1 is 1.29 bits per heavy atom. The number of carboxylic acid groups (broad SMARTS) is 1. The van der Waals surface area contributed by atoms with Crippen molar-refractivity contribution in [2.45, 2.75) is 6.54 Å². The highest BCUT2D eigenvalue weighted by atomic mass is 32.1. The summed E-state index contributed by atoms with van der Waals surface area (Å²) in [4.78, 5) is 23.2. The summed E-state index contributed by atoms with van der Waals surface area (Å²) in [7, 11) is 0. The zero-order chi connectivity index (χ0) is 12.3. The number of nitrogens with one attached hydrogen (secondary N) is 1. The molecule has 0 aliphatic carbocycles. The molecule has 17 heavy (non-hydrogen) atoms. The Bertz CT molecular complexity index is 529. The topological polar surface area (TPSA) is 79.5 Å². The highest BCUT2D eigenvalue weighted by Gasteiger charge is 2.14. The second-order valence-corrected chi connectivity index (χ2v) is 4.26. The van der Waals surface area contributed by atoms with Crippen LogP contribution in [0.5, 0.6) is 0 Å². The van der Waals surface area contributed by atoms with E-state index in [1.807, 2.05) is 17.5 Å². The van der Waals surface area contributed by atoms with E-state index in [0.717, 1.165) is 4.88 Å². The summed E-state index contributed by atoms with van der Waals surface area (Å²) in [5, 5.41) is 13.2. The van der Waals surface area contributed by atoms with Gasteiger partial charge >= 0.3 is 5.97 Å². The second-order valence-electron chi connectivity index (χ2n) is 3.23. The van der Waals surface area contributed by atoms with Crippen LogP contribution in [0.3, 0.4) is 0 Å². The van der Waals surface area contributed by atoms with Crippen LogP contribution in [0.1, 0.15) is 26.0 Å². The molecule has 2 N–H and O–H groups in total. The molecular weight excluding hydrogens is 242 g/mol. The third-order valence-corrected chi connectivity index (χ3v) is 2.92. The number of amides is 1. The van der Waals surface area contributed by atoms with E-state index < -0.39 is 11.9 Å². The fraction of sp³-hybridized carbons (Fsp3) is 0.0909. The van der Waals surface area contributed by atoms with Crippen molar-refractivity contribution in [2.75, 3.05) is 0 Å². The fourth-order valence-electron chi connectivity index (χ4n) is 1.24. The Morgan fingerprint density at radius 2 is 2.06 bits per heavy atom. The number of hydrogen-bond donors (Lipinski definition) is 2. The number of carboxylic acids is 1. The first-order valence-corrected chi connectivity index (χ1v) is 5.68. The van der Waals surface area contributed by atoms with Gasteiger partial charge in [0.25, 0.3) is 5.91 Å². The first-order chi connectivity index (χ1) is 8.16. The van der Waals surface area contributed by atoms with Crippen molar-refractivity contribution in [1.82, 2.24) is 5.32 Å². The monoisotopic (exact) mass is 251 g/mol. The van der Waals surface area contributed by atoms with Gasteiger partial charge in [-0.25, -0.2) is 4.79 Å². The number of thiophene rings is 1. The van der Waals surface area contributed by atoms with Gasteiger partial charge in [0.15, 0.2) is 5.76 Å². The Balaban J connectivity index is 1.97. The Kier molecular flexibility index (Phi) is 3.24. The largest absolute Gasteiger partial charge is 0.475 e. The Hall–Kier alpha value is -2.08. The average molecular weight is 251 g/mol. The third-order valence-electron chi connectivity index (χ3n) is 2.04. The molecule has 6 heteroatoms. The van der Waals surface area contributed by atoms with Gasteiger partial charge in [-0.1, -0.05) is 6.07 Å². The summed E-state index contributed by atoms with van der Waals surface area (Å²) in [5.41, 5.74) is 0. The van der Waals surface area contributed by atoms with Gasteiger partial charge in [0.2, 0.25) is 5.76 Å². The van der Waals surface area contributed by atoms with E-state index in [-0.39, 0.29) is 11.5 Å². The molecule has 0 aliphatic heterocycles. The molecule has 0 radical (unpaired) electrons. The number of furan rings is 1. The number of carbonyl (C=O) groups is 2. The van der Waals surface area contributed by atoms with E-state index in [2.05, 4.69) is 5.32 Å². The molecule has 0 spiro atoms. The lowest BCUT2D eigenvalue weighted by atomic mass is 10.4. The molecule has 2 rings (SSSR count). The smallest absolute Gasteiger partial charge is 0.371 e. The molecule has 2 aromatic rings. The van der Waals surface area contributed by atoms with Crippen LogP contribution in [0.25, 0.3) is 0 Å².